The van der Waals surface area contributed by atoms with Crippen LogP contribution in [0.3, 0.4) is 0 Å². The lowest BCUT2D eigenvalue weighted by atomic mass is 9.99. The Kier molecular flexibility index (Phi) is 4.39. The molecule has 0 saturated heterocycles. The van der Waals surface area contributed by atoms with Gasteiger partial charge in [-0.05, 0) is 44.1 Å². The SMILES string of the molecule is Cc1ccc([C@H](NC(=O)NC2(CO)CCCC2)C2CC2)cc1. The maximum atomic E-state index is 12.4. The maximum absolute atomic E-state index is 12.4. The first kappa shape index (κ1) is 15.3. The van der Waals surface area contributed by atoms with E-state index in [1.165, 1.54) is 24.0 Å². The van der Waals surface area contributed by atoms with E-state index >= 15 is 0 Å². The average molecular weight is 302 g/mol. The van der Waals surface area contributed by atoms with Crippen molar-refractivity contribution in [2.45, 2.75) is 57.0 Å². The fourth-order valence-electron chi connectivity index (χ4n) is 3.47. The number of aliphatic hydroxyl groups is 1. The zero-order valence-electron chi connectivity index (χ0n) is 13.3. The molecule has 3 rings (SSSR count). The lowest BCUT2D eigenvalue weighted by Gasteiger charge is -2.29. The van der Waals surface area contributed by atoms with Gasteiger partial charge in [0.1, 0.15) is 0 Å². The van der Waals surface area contributed by atoms with E-state index in [1.54, 1.807) is 0 Å². The molecule has 3 N–H and O–H groups in total. The van der Waals surface area contributed by atoms with E-state index in [0.29, 0.717) is 5.92 Å². The van der Waals surface area contributed by atoms with Gasteiger partial charge < -0.3 is 15.7 Å². The van der Waals surface area contributed by atoms with Gasteiger partial charge in [-0.25, -0.2) is 4.79 Å². The van der Waals surface area contributed by atoms with Gasteiger partial charge in [0.15, 0.2) is 0 Å². The van der Waals surface area contributed by atoms with Crippen molar-refractivity contribution in [3.05, 3.63) is 35.4 Å². The number of hydrogen-bond donors (Lipinski definition) is 3. The lowest BCUT2D eigenvalue weighted by molar-refractivity contribution is 0.161. The summed E-state index contributed by atoms with van der Waals surface area (Å²) in [5, 5.41) is 15.8. The largest absolute Gasteiger partial charge is 0.394 e. The summed E-state index contributed by atoms with van der Waals surface area (Å²) in [6.07, 6.45) is 6.23. The second kappa shape index (κ2) is 6.29. The maximum Gasteiger partial charge on any atom is 0.315 e. The molecule has 1 aromatic carbocycles. The summed E-state index contributed by atoms with van der Waals surface area (Å²) in [4.78, 5) is 12.4. The van der Waals surface area contributed by atoms with Crippen LogP contribution in [0.4, 0.5) is 4.79 Å². The van der Waals surface area contributed by atoms with Crippen molar-refractivity contribution in [1.29, 1.82) is 0 Å². The van der Waals surface area contributed by atoms with Crippen LogP contribution < -0.4 is 10.6 Å². The van der Waals surface area contributed by atoms with Gasteiger partial charge in [0.2, 0.25) is 0 Å². The smallest absolute Gasteiger partial charge is 0.315 e. The van der Waals surface area contributed by atoms with Crippen LogP contribution in [-0.4, -0.2) is 23.3 Å². The van der Waals surface area contributed by atoms with E-state index in [9.17, 15) is 9.90 Å². The number of hydrogen-bond acceptors (Lipinski definition) is 2. The number of carbonyl (C=O) groups excluding carboxylic acids is 1. The summed E-state index contributed by atoms with van der Waals surface area (Å²) in [5.74, 6) is 0.544. The molecular weight excluding hydrogens is 276 g/mol. The Labute approximate surface area is 132 Å². The van der Waals surface area contributed by atoms with Gasteiger partial charge in [0, 0.05) is 0 Å². The molecule has 1 atom stereocenters. The van der Waals surface area contributed by atoms with Gasteiger partial charge in [0.05, 0.1) is 18.2 Å². The molecule has 120 valence electrons. The van der Waals surface area contributed by atoms with Crippen molar-refractivity contribution in [3.8, 4) is 0 Å². The second-order valence-corrected chi connectivity index (χ2v) is 6.97. The number of aryl methyl sites for hydroxylation is 1. The molecule has 4 nitrogen and oxygen atoms in total. The number of carbonyl (C=O) groups is 1. The van der Waals surface area contributed by atoms with E-state index in [2.05, 4.69) is 41.8 Å². The third-order valence-corrected chi connectivity index (χ3v) is 5.06. The molecule has 2 aliphatic rings. The Morgan fingerprint density at radius 1 is 1.27 bits per heavy atom. The predicted octanol–water partition coefficient (Wildman–Crippen LogP) is 3.05. The highest BCUT2D eigenvalue weighted by Crippen LogP contribution is 2.41. The minimum absolute atomic E-state index is 0.0268. The van der Waals surface area contributed by atoms with Crippen molar-refractivity contribution in [2.75, 3.05) is 6.61 Å². The molecule has 22 heavy (non-hydrogen) atoms. The molecule has 1 aromatic rings. The molecule has 2 amide bonds. The standard InChI is InChI=1S/C18H26N2O2/c1-13-4-6-14(7-5-13)16(15-8-9-15)19-17(22)20-18(12-21)10-2-3-11-18/h4-7,15-16,21H,2-3,8-12H2,1H3,(H2,19,20,22)/t16-/m0/s1. The molecule has 4 heteroatoms. The van der Waals surface area contributed by atoms with Gasteiger partial charge in [-0.15, -0.1) is 0 Å². The first-order valence-electron chi connectivity index (χ1n) is 8.38. The summed E-state index contributed by atoms with van der Waals surface area (Å²) in [6, 6.07) is 8.34. The number of nitrogens with one attached hydrogen (secondary N) is 2. The zero-order chi connectivity index (χ0) is 15.6. The molecule has 2 saturated carbocycles. The molecule has 2 aliphatic carbocycles. The Morgan fingerprint density at radius 2 is 1.91 bits per heavy atom. The molecule has 0 heterocycles. The molecular formula is C18H26N2O2. The fraction of sp³-hybridized carbons (Fsp3) is 0.611. The molecule has 0 radical (unpaired) electrons. The van der Waals surface area contributed by atoms with Gasteiger partial charge >= 0.3 is 6.03 Å². The van der Waals surface area contributed by atoms with E-state index < -0.39 is 5.54 Å². The first-order valence-corrected chi connectivity index (χ1v) is 8.38. The Hall–Kier alpha value is -1.55. The van der Waals surface area contributed by atoms with Crippen molar-refractivity contribution in [3.63, 3.8) is 0 Å². The van der Waals surface area contributed by atoms with Crippen molar-refractivity contribution >= 4 is 6.03 Å². The highest BCUT2D eigenvalue weighted by atomic mass is 16.3. The van der Waals surface area contributed by atoms with E-state index in [-0.39, 0.29) is 18.7 Å². The fourth-order valence-corrected chi connectivity index (χ4v) is 3.47. The van der Waals surface area contributed by atoms with E-state index in [0.717, 1.165) is 25.7 Å². The zero-order valence-corrected chi connectivity index (χ0v) is 13.3. The van der Waals surface area contributed by atoms with Crippen molar-refractivity contribution in [1.82, 2.24) is 10.6 Å². The summed E-state index contributed by atoms with van der Waals surface area (Å²) in [6.45, 7) is 2.10. The van der Waals surface area contributed by atoms with Crippen LogP contribution in [0.25, 0.3) is 0 Å². The number of urea groups is 1. The van der Waals surface area contributed by atoms with Gasteiger partial charge in [-0.2, -0.15) is 0 Å². The minimum atomic E-state index is -0.411. The van der Waals surface area contributed by atoms with Crippen LogP contribution in [0.2, 0.25) is 0 Å². The van der Waals surface area contributed by atoms with Crippen LogP contribution >= 0.6 is 0 Å². The molecule has 0 spiro atoms. The first-order chi connectivity index (χ1) is 10.6. The van der Waals surface area contributed by atoms with Crippen LogP contribution in [0, 0.1) is 12.8 Å². The number of amides is 2. The van der Waals surface area contributed by atoms with Crippen LogP contribution in [-0.2, 0) is 0 Å². The second-order valence-electron chi connectivity index (χ2n) is 6.97. The third kappa shape index (κ3) is 3.43. The van der Waals surface area contributed by atoms with Crippen LogP contribution in [0.15, 0.2) is 24.3 Å². The predicted molar refractivity (Wildman–Crippen MR) is 86.6 cm³/mol. The van der Waals surface area contributed by atoms with Crippen molar-refractivity contribution < 1.29 is 9.90 Å². The van der Waals surface area contributed by atoms with Crippen LogP contribution in [0.5, 0.6) is 0 Å². The third-order valence-electron chi connectivity index (χ3n) is 5.06. The lowest BCUT2D eigenvalue weighted by Crippen LogP contribution is -2.53. The Balaban J connectivity index is 1.66. The Bertz CT molecular complexity index is 516. The molecule has 0 aliphatic heterocycles. The quantitative estimate of drug-likeness (QED) is 0.783. The molecule has 0 bridgehead atoms. The number of rotatable bonds is 5. The highest BCUT2D eigenvalue weighted by Gasteiger charge is 2.37. The summed E-state index contributed by atoms with van der Waals surface area (Å²) >= 11 is 0. The molecule has 2 fully saturated rings. The monoisotopic (exact) mass is 302 g/mol. The van der Waals surface area contributed by atoms with Gasteiger partial charge in [-0.3, -0.25) is 0 Å². The molecule has 0 aromatic heterocycles. The summed E-state index contributed by atoms with van der Waals surface area (Å²) in [5.41, 5.74) is 1.99. The number of benzene rings is 1. The average Bonchev–Trinajstić information content (AvgIpc) is 3.26. The summed E-state index contributed by atoms with van der Waals surface area (Å²) < 4.78 is 0. The Morgan fingerprint density at radius 3 is 2.45 bits per heavy atom. The normalized spacial score (nSPS) is 21.4. The van der Waals surface area contributed by atoms with E-state index in [4.69, 9.17) is 0 Å². The summed E-state index contributed by atoms with van der Waals surface area (Å²) in [7, 11) is 0. The highest BCUT2D eigenvalue weighted by molar-refractivity contribution is 5.75. The topological polar surface area (TPSA) is 61.4 Å². The number of aliphatic hydroxyl groups excluding tert-OH is 1. The van der Waals surface area contributed by atoms with Crippen LogP contribution in [0.1, 0.15) is 55.7 Å². The van der Waals surface area contributed by atoms with Gasteiger partial charge in [0.25, 0.3) is 0 Å². The van der Waals surface area contributed by atoms with E-state index in [1.807, 2.05) is 0 Å². The minimum Gasteiger partial charge on any atom is -0.394 e. The molecule has 0 unspecified atom stereocenters. The van der Waals surface area contributed by atoms with Crippen molar-refractivity contribution in [2.24, 2.45) is 5.92 Å². The van der Waals surface area contributed by atoms with Gasteiger partial charge in [-0.1, -0.05) is 42.7 Å².